The van der Waals surface area contributed by atoms with Crippen molar-refractivity contribution in [2.45, 2.75) is 32.2 Å². The van der Waals surface area contributed by atoms with E-state index in [0.29, 0.717) is 0 Å². The van der Waals surface area contributed by atoms with Gasteiger partial charge in [0.25, 0.3) is 0 Å². The Labute approximate surface area is 61.9 Å². The fourth-order valence-electron chi connectivity index (χ4n) is 1.86. The van der Waals surface area contributed by atoms with E-state index in [9.17, 15) is 0 Å². The molecule has 0 aromatic heterocycles. The highest BCUT2D eigenvalue weighted by Gasteiger charge is 2.25. The SMILES string of the molecule is CC1CCN=C2CCCN21. The number of nitrogens with zero attached hydrogens (tertiary/aromatic N) is 2. The lowest BCUT2D eigenvalue weighted by Gasteiger charge is -2.29. The van der Waals surface area contributed by atoms with E-state index < -0.39 is 0 Å². The molecule has 0 spiro atoms. The Morgan fingerprint density at radius 2 is 2.50 bits per heavy atom. The summed E-state index contributed by atoms with van der Waals surface area (Å²) in [4.78, 5) is 6.95. The van der Waals surface area contributed by atoms with Gasteiger partial charge in [0.15, 0.2) is 0 Å². The van der Waals surface area contributed by atoms with E-state index in [1.54, 1.807) is 0 Å². The summed E-state index contributed by atoms with van der Waals surface area (Å²) in [6, 6.07) is 0.759. The Morgan fingerprint density at radius 3 is 3.30 bits per heavy atom. The van der Waals surface area contributed by atoms with Crippen LogP contribution in [0.4, 0.5) is 0 Å². The average Bonchev–Trinajstić information content (AvgIpc) is 2.36. The second kappa shape index (κ2) is 2.26. The van der Waals surface area contributed by atoms with Gasteiger partial charge >= 0.3 is 0 Å². The van der Waals surface area contributed by atoms with Gasteiger partial charge in [-0.1, -0.05) is 0 Å². The van der Waals surface area contributed by atoms with Crippen molar-refractivity contribution in [3.63, 3.8) is 0 Å². The van der Waals surface area contributed by atoms with Crippen molar-refractivity contribution in [2.24, 2.45) is 4.99 Å². The summed E-state index contributed by atoms with van der Waals surface area (Å²) in [6.45, 7) is 4.62. The van der Waals surface area contributed by atoms with Crippen molar-refractivity contribution in [3.8, 4) is 0 Å². The molecule has 2 aliphatic rings. The molecule has 1 unspecified atom stereocenters. The normalized spacial score (nSPS) is 31.9. The molecule has 2 heteroatoms. The Hall–Kier alpha value is -0.530. The zero-order valence-corrected chi connectivity index (χ0v) is 6.51. The van der Waals surface area contributed by atoms with Crippen LogP contribution in [-0.2, 0) is 0 Å². The molecule has 56 valence electrons. The maximum Gasteiger partial charge on any atom is 0.0992 e. The van der Waals surface area contributed by atoms with Crippen LogP contribution in [0.15, 0.2) is 4.99 Å². The summed E-state index contributed by atoms with van der Waals surface area (Å²) in [5, 5.41) is 0. The second-order valence-corrected chi connectivity index (χ2v) is 3.23. The summed E-state index contributed by atoms with van der Waals surface area (Å²) in [6.07, 6.45) is 3.80. The third kappa shape index (κ3) is 0.825. The van der Waals surface area contributed by atoms with Gasteiger partial charge in [-0.2, -0.15) is 0 Å². The first-order valence-electron chi connectivity index (χ1n) is 4.18. The standard InChI is InChI=1S/C8H14N2/c1-7-4-5-9-8-3-2-6-10(7)8/h7H,2-6H2,1H3. The van der Waals surface area contributed by atoms with Gasteiger partial charge in [-0.3, -0.25) is 4.99 Å². The predicted molar refractivity (Wildman–Crippen MR) is 42.3 cm³/mol. The largest absolute Gasteiger partial charge is 0.358 e. The minimum Gasteiger partial charge on any atom is -0.358 e. The van der Waals surface area contributed by atoms with E-state index in [1.807, 2.05) is 0 Å². The Kier molecular flexibility index (Phi) is 1.40. The lowest BCUT2D eigenvalue weighted by Crippen LogP contribution is -2.37. The highest BCUT2D eigenvalue weighted by atomic mass is 15.2. The van der Waals surface area contributed by atoms with Crippen LogP contribution in [0.5, 0.6) is 0 Å². The average molecular weight is 138 g/mol. The van der Waals surface area contributed by atoms with Crippen LogP contribution in [0, 0.1) is 0 Å². The molecule has 1 atom stereocenters. The molecule has 0 amide bonds. The third-order valence-electron chi connectivity index (χ3n) is 2.50. The molecule has 0 radical (unpaired) electrons. The van der Waals surface area contributed by atoms with Gasteiger partial charge in [-0.05, 0) is 19.8 Å². The number of fused-ring (bicyclic) bond motifs is 1. The Morgan fingerprint density at radius 1 is 1.60 bits per heavy atom. The predicted octanol–water partition coefficient (Wildman–Crippen LogP) is 1.27. The van der Waals surface area contributed by atoms with Crippen LogP contribution >= 0.6 is 0 Å². The highest BCUT2D eigenvalue weighted by Crippen LogP contribution is 2.20. The molecule has 1 fully saturated rings. The van der Waals surface area contributed by atoms with Crippen LogP contribution in [0.1, 0.15) is 26.2 Å². The fraction of sp³-hybridized carbons (Fsp3) is 0.875. The first-order valence-corrected chi connectivity index (χ1v) is 4.18. The van der Waals surface area contributed by atoms with Gasteiger partial charge in [0.05, 0.1) is 5.84 Å². The Bertz CT molecular complexity index is 163. The van der Waals surface area contributed by atoms with Crippen molar-refractivity contribution in [1.82, 2.24) is 4.90 Å². The van der Waals surface area contributed by atoms with E-state index in [1.165, 1.54) is 31.6 Å². The molecule has 2 nitrogen and oxygen atoms in total. The molecule has 0 aromatic carbocycles. The molecule has 2 aliphatic heterocycles. The first kappa shape index (κ1) is 6.20. The van der Waals surface area contributed by atoms with E-state index >= 15 is 0 Å². The van der Waals surface area contributed by atoms with Crippen LogP contribution in [0.25, 0.3) is 0 Å². The van der Waals surface area contributed by atoms with Crippen LogP contribution in [-0.4, -0.2) is 29.9 Å². The highest BCUT2D eigenvalue weighted by molar-refractivity contribution is 5.84. The molecule has 2 rings (SSSR count). The van der Waals surface area contributed by atoms with Crippen molar-refractivity contribution >= 4 is 5.84 Å². The number of hydrogen-bond acceptors (Lipinski definition) is 2. The van der Waals surface area contributed by atoms with E-state index in [4.69, 9.17) is 0 Å². The summed E-state index contributed by atoms with van der Waals surface area (Å²) >= 11 is 0. The summed E-state index contributed by atoms with van der Waals surface area (Å²) < 4.78 is 0. The molecule has 0 N–H and O–H groups in total. The zero-order chi connectivity index (χ0) is 6.97. The van der Waals surface area contributed by atoms with E-state index in [-0.39, 0.29) is 0 Å². The van der Waals surface area contributed by atoms with Gasteiger partial charge in [0.1, 0.15) is 0 Å². The van der Waals surface area contributed by atoms with Crippen molar-refractivity contribution in [2.75, 3.05) is 13.1 Å². The fourth-order valence-corrected chi connectivity index (χ4v) is 1.86. The molecule has 1 saturated heterocycles. The first-order chi connectivity index (χ1) is 4.88. The zero-order valence-electron chi connectivity index (χ0n) is 6.51. The van der Waals surface area contributed by atoms with Crippen LogP contribution < -0.4 is 0 Å². The minimum absolute atomic E-state index is 0.759. The van der Waals surface area contributed by atoms with Crippen molar-refractivity contribution in [3.05, 3.63) is 0 Å². The molecule has 0 bridgehead atoms. The molecule has 2 heterocycles. The number of hydrogen-bond donors (Lipinski definition) is 0. The van der Waals surface area contributed by atoms with Crippen molar-refractivity contribution < 1.29 is 0 Å². The number of amidine groups is 1. The third-order valence-corrected chi connectivity index (χ3v) is 2.50. The smallest absolute Gasteiger partial charge is 0.0992 e. The lowest BCUT2D eigenvalue weighted by molar-refractivity contribution is 0.325. The van der Waals surface area contributed by atoms with Gasteiger partial charge in [0.2, 0.25) is 0 Å². The molecular formula is C8H14N2. The topological polar surface area (TPSA) is 15.6 Å². The molecule has 0 saturated carbocycles. The molecule has 10 heavy (non-hydrogen) atoms. The quantitative estimate of drug-likeness (QED) is 0.492. The summed E-state index contributed by atoms with van der Waals surface area (Å²) in [7, 11) is 0. The molecule has 0 aliphatic carbocycles. The summed E-state index contributed by atoms with van der Waals surface area (Å²) in [5.74, 6) is 1.37. The van der Waals surface area contributed by atoms with Crippen molar-refractivity contribution in [1.29, 1.82) is 0 Å². The van der Waals surface area contributed by atoms with Gasteiger partial charge in [-0.15, -0.1) is 0 Å². The lowest BCUT2D eigenvalue weighted by atomic mass is 10.2. The number of rotatable bonds is 0. The maximum absolute atomic E-state index is 4.48. The van der Waals surface area contributed by atoms with E-state index in [2.05, 4.69) is 16.8 Å². The molecule has 0 aromatic rings. The van der Waals surface area contributed by atoms with Crippen LogP contribution in [0.3, 0.4) is 0 Å². The Balaban J connectivity index is 2.18. The maximum atomic E-state index is 4.48. The second-order valence-electron chi connectivity index (χ2n) is 3.23. The van der Waals surface area contributed by atoms with Gasteiger partial charge in [0, 0.05) is 25.6 Å². The summed E-state index contributed by atoms with van der Waals surface area (Å²) in [5.41, 5.74) is 0. The van der Waals surface area contributed by atoms with Gasteiger partial charge < -0.3 is 4.90 Å². The monoisotopic (exact) mass is 138 g/mol. The minimum atomic E-state index is 0.759. The molecular weight excluding hydrogens is 124 g/mol. The van der Waals surface area contributed by atoms with E-state index in [0.717, 1.165) is 12.6 Å². The number of aliphatic imine (C=N–C) groups is 1. The van der Waals surface area contributed by atoms with Gasteiger partial charge in [-0.25, -0.2) is 0 Å². The van der Waals surface area contributed by atoms with Crippen LogP contribution in [0.2, 0.25) is 0 Å².